The van der Waals surface area contributed by atoms with E-state index in [1.807, 2.05) is 13.1 Å². The number of hydrogen-bond donors (Lipinski definition) is 0. The Hall–Kier alpha value is -2.57. The van der Waals surface area contributed by atoms with Crippen LogP contribution < -0.4 is 4.90 Å². The lowest BCUT2D eigenvalue weighted by atomic mass is 10.1. The van der Waals surface area contributed by atoms with Crippen LogP contribution >= 0.6 is 0 Å². The summed E-state index contributed by atoms with van der Waals surface area (Å²) in [5.41, 5.74) is 3.56. The molecule has 0 unspecified atom stereocenters. The van der Waals surface area contributed by atoms with Crippen LogP contribution in [0.2, 0.25) is 0 Å². The van der Waals surface area contributed by atoms with Gasteiger partial charge in [0.15, 0.2) is 0 Å². The van der Waals surface area contributed by atoms with Gasteiger partial charge in [-0.15, -0.1) is 0 Å². The lowest BCUT2D eigenvalue weighted by Crippen LogP contribution is -2.16. The zero-order valence-electron chi connectivity index (χ0n) is 13.4. The highest BCUT2D eigenvalue weighted by Gasteiger charge is 2.26. The van der Waals surface area contributed by atoms with E-state index in [4.69, 9.17) is 9.51 Å². The Labute approximate surface area is 133 Å². The molecule has 0 saturated heterocycles. The van der Waals surface area contributed by atoms with Gasteiger partial charge in [0, 0.05) is 24.7 Å². The van der Waals surface area contributed by atoms with Crippen LogP contribution in [0.4, 0.5) is 5.82 Å². The molecule has 0 fully saturated rings. The molecule has 7 heteroatoms. The zero-order valence-corrected chi connectivity index (χ0v) is 13.4. The van der Waals surface area contributed by atoms with Crippen molar-refractivity contribution in [1.29, 1.82) is 0 Å². The normalized spacial score (nSPS) is 14.0. The molecule has 7 nitrogen and oxygen atoms in total. The summed E-state index contributed by atoms with van der Waals surface area (Å²) in [7, 11) is 0. The Morgan fingerprint density at radius 1 is 1.22 bits per heavy atom. The van der Waals surface area contributed by atoms with Crippen molar-refractivity contribution in [2.75, 3.05) is 4.90 Å². The number of fused-ring (bicyclic) bond motifs is 2. The average Bonchev–Trinajstić information content (AvgIpc) is 3.10. The van der Waals surface area contributed by atoms with Crippen molar-refractivity contribution in [3.8, 4) is 0 Å². The Bertz CT molecular complexity index is 872. The third-order valence-corrected chi connectivity index (χ3v) is 4.02. The highest BCUT2D eigenvalue weighted by Crippen LogP contribution is 2.31. The van der Waals surface area contributed by atoms with E-state index in [9.17, 15) is 0 Å². The van der Waals surface area contributed by atoms with Crippen molar-refractivity contribution in [3.05, 3.63) is 35.3 Å². The summed E-state index contributed by atoms with van der Waals surface area (Å²) < 4.78 is 5.23. The maximum absolute atomic E-state index is 5.23. The minimum Gasteiger partial charge on any atom is -0.345 e. The summed E-state index contributed by atoms with van der Waals surface area (Å²) in [4.78, 5) is 20.0. The largest absolute Gasteiger partial charge is 0.345 e. The van der Waals surface area contributed by atoms with E-state index in [1.165, 1.54) is 6.33 Å². The van der Waals surface area contributed by atoms with E-state index in [0.717, 1.165) is 53.5 Å². The number of anilines is 1. The Morgan fingerprint density at radius 2 is 2.09 bits per heavy atom. The topological polar surface area (TPSA) is 80.8 Å². The minimum absolute atomic E-state index is 0.523. The first kappa shape index (κ1) is 14.0. The first-order chi connectivity index (χ1) is 11.1. The van der Waals surface area contributed by atoms with Crippen molar-refractivity contribution in [2.45, 2.75) is 40.3 Å². The van der Waals surface area contributed by atoms with Crippen molar-refractivity contribution in [3.63, 3.8) is 0 Å². The van der Waals surface area contributed by atoms with Crippen LogP contribution in [-0.2, 0) is 19.5 Å². The number of nitrogens with zero attached hydrogens (tertiary/aromatic N) is 6. The second-order valence-electron chi connectivity index (χ2n) is 6.36. The van der Waals surface area contributed by atoms with Crippen molar-refractivity contribution in [1.82, 2.24) is 25.1 Å². The maximum Gasteiger partial charge on any atom is 0.263 e. The summed E-state index contributed by atoms with van der Waals surface area (Å²) in [6.07, 6.45) is 4.36. The molecule has 118 valence electrons. The van der Waals surface area contributed by atoms with Crippen LogP contribution in [0.15, 0.2) is 17.0 Å². The fourth-order valence-corrected chi connectivity index (χ4v) is 2.95. The van der Waals surface area contributed by atoms with Gasteiger partial charge in [-0.2, -0.15) is 4.98 Å². The molecular weight excluding hydrogens is 292 g/mol. The summed E-state index contributed by atoms with van der Waals surface area (Å²) >= 11 is 0. The van der Waals surface area contributed by atoms with Crippen LogP contribution in [0.25, 0.3) is 11.1 Å². The fraction of sp³-hybridized carbons (Fsp3) is 0.438. The van der Waals surface area contributed by atoms with Gasteiger partial charge in [0.25, 0.3) is 5.71 Å². The van der Waals surface area contributed by atoms with E-state index in [0.29, 0.717) is 11.6 Å². The molecule has 0 aromatic carbocycles. The van der Waals surface area contributed by atoms with Gasteiger partial charge in [-0.25, -0.2) is 15.0 Å². The predicted molar refractivity (Wildman–Crippen MR) is 84.8 cm³/mol. The summed E-state index contributed by atoms with van der Waals surface area (Å²) in [6, 6.07) is 0. The second-order valence-corrected chi connectivity index (χ2v) is 6.36. The van der Waals surface area contributed by atoms with Crippen LogP contribution in [0.5, 0.6) is 0 Å². The number of aromatic nitrogens is 5. The van der Waals surface area contributed by atoms with Crippen molar-refractivity contribution >= 4 is 16.9 Å². The lowest BCUT2D eigenvalue weighted by Gasteiger charge is -2.16. The molecular formula is C16H18N6O. The molecule has 0 spiro atoms. The molecule has 0 N–H and O–H groups in total. The third-order valence-electron chi connectivity index (χ3n) is 4.02. The van der Waals surface area contributed by atoms with Gasteiger partial charge in [0.1, 0.15) is 23.4 Å². The molecule has 0 saturated carbocycles. The monoisotopic (exact) mass is 310 g/mol. The summed E-state index contributed by atoms with van der Waals surface area (Å²) in [6.45, 7) is 7.72. The molecule has 0 radical (unpaired) electrons. The molecule has 3 aromatic heterocycles. The van der Waals surface area contributed by atoms with Crippen LogP contribution in [0.1, 0.15) is 36.6 Å². The minimum atomic E-state index is 0.523. The molecule has 23 heavy (non-hydrogen) atoms. The highest BCUT2D eigenvalue weighted by molar-refractivity contribution is 5.88. The Balaban J connectivity index is 1.68. The van der Waals surface area contributed by atoms with Gasteiger partial charge in [0.05, 0.1) is 17.9 Å². The second kappa shape index (κ2) is 5.26. The highest BCUT2D eigenvalue weighted by atomic mass is 16.5. The van der Waals surface area contributed by atoms with Gasteiger partial charge < -0.3 is 9.42 Å². The van der Waals surface area contributed by atoms with Gasteiger partial charge >= 0.3 is 0 Å². The molecule has 1 aliphatic heterocycles. The van der Waals surface area contributed by atoms with Crippen LogP contribution in [-0.4, -0.2) is 25.1 Å². The van der Waals surface area contributed by atoms with E-state index in [1.54, 1.807) is 0 Å². The van der Waals surface area contributed by atoms with E-state index >= 15 is 0 Å². The standard InChI is InChI=1S/C16H18N6O/c1-9(2)4-13-17-5-11-6-22(7-12(11)20-13)15-14-10(3)21-23-16(14)19-8-18-15/h5,8-9H,4,6-7H2,1-3H3. The quantitative estimate of drug-likeness (QED) is 0.735. The molecule has 0 aliphatic carbocycles. The molecule has 0 amide bonds. The van der Waals surface area contributed by atoms with E-state index in [-0.39, 0.29) is 0 Å². The number of aryl methyl sites for hydroxylation is 1. The Morgan fingerprint density at radius 3 is 2.91 bits per heavy atom. The van der Waals surface area contributed by atoms with Crippen LogP contribution in [0, 0.1) is 12.8 Å². The summed E-state index contributed by atoms with van der Waals surface area (Å²) in [5, 5.41) is 4.86. The van der Waals surface area contributed by atoms with Gasteiger partial charge in [-0.05, 0) is 12.8 Å². The van der Waals surface area contributed by atoms with Gasteiger partial charge in [-0.3, -0.25) is 0 Å². The van der Waals surface area contributed by atoms with Crippen molar-refractivity contribution in [2.24, 2.45) is 5.92 Å². The van der Waals surface area contributed by atoms with E-state index in [2.05, 4.69) is 38.9 Å². The molecule has 0 bridgehead atoms. The molecule has 4 heterocycles. The molecule has 4 rings (SSSR count). The number of rotatable bonds is 3. The molecule has 0 atom stereocenters. The molecule has 3 aromatic rings. The first-order valence-electron chi connectivity index (χ1n) is 7.77. The average molecular weight is 310 g/mol. The smallest absolute Gasteiger partial charge is 0.263 e. The maximum atomic E-state index is 5.23. The predicted octanol–water partition coefficient (Wildman–Crippen LogP) is 2.43. The van der Waals surface area contributed by atoms with Crippen LogP contribution in [0.3, 0.4) is 0 Å². The fourth-order valence-electron chi connectivity index (χ4n) is 2.95. The van der Waals surface area contributed by atoms with Gasteiger partial charge in [0.2, 0.25) is 0 Å². The molecule has 1 aliphatic rings. The first-order valence-corrected chi connectivity index (χ1v) is 7.77. The van der Waals surface area contributed by atoms with Crippen molar-refractivity contribution < 1.29 is 4.52 Å². The third kappa shape index (κ3) is 2.42. The van der Waals surface area contributed by atoms with Gasteiger partial charge in [-0.1, -0.05) is 19.0 Å². The number of hydrogen-bond acceptors (Lipinski definition) is 7. The van der Waals surface area contributed by atoms with E-state index < -0.39 is 0 Å². The lowest BCUT2D eigenvalue weighted by molar-refractivity contribution is 0.442. The summed E-state index contributed by atoms with van der Waals surface area (Å²) in [5.74, 6) is 2.30. The Kier molecular flexibility index (Phi) is 3.21. The zero-order chi connectivity index (χ0) is 16.0. The SMILES string of the molecule is Cc1noc2ncnc(N3Cc4cnc(CC(C)C)nc4C3)c12.